The van der Waals surface area contributed by atoms with E-state index >= 15 is 0 Å². The first-order valence-electron chi connectivity index (χ1n) is 12.5. The van der Waals surface area contributed by atoms with Gasteiger partial charge in [-0.1, -0.05) is 108 Å². The molecule has 5 aromatic rings. The van der Waals surface area contributed by atoms with E-state index in [9.17, 15) is 13.2 Å². The second kappa shape index (κ2) is 9.58. The normalized spacial score (nSPS) is 17.3. The van der Waals surface area contributed by atoms with Crippen molar-refractivity contribution in [2.24, 2.45) is 0 Å². The summed E-state index contributed by atoms with van der Waals surface area (Å²) in [6.45, 7) is 1.47. The van der Waals surface area contributed by atoms with Gasteiger partial charge < -0.3 is 0 Å². The summed E-state index contributed by atoms with van der Waals surface area (Å²) in [5.74, 6) is 0. The van der Waals surface area contributed by atoms with Crippen molar-refractivity contribution in [1.29, 1.82) is 0 Å². The van der Waals surface area contributed by atoms with Gasteiger partial charge in [-0.2, -0.15) is 13.2 Å². The van der Waals surface area contributed by atoms with Crippen LogP contribution in [-0.4, -0.2) is 32.5 Å². The van der Waals surface area contributed by atoms with Crippen molar-refractivity contribution in [3.63, 3.8) is 0 Å². The molecule has 7 heteroatoms. The molecular formula is C31H25F3N4. The van der Waals surface area contributed by atoms with Crippen LogP contribution in [0.1, 0.15) is 22.3 Å². The van der Waals surface area contributed by atoms with Crippen LogP contribution in [0.3, 0.4) is 0 Å². The zero-order valence-corrected chi connectivity index (χ0v) is 20.5. The fourth-order valence-electron chi connectivity index (χ4n) is 5.35. The molecule has 2 atom stereocenters. The third-order valence-electron chi connectivity index (χ3n) is 7.16. The second-order valence-electron chi connectivity index (χ2n) is 9.52. The van der Waals surface area contributed by atoms with Crippen LogP contribution in [0.15, 0.2) is 121 Å². The highest BCUT2D eigenvalue weighted by Gasteiger charge is 2.53. The van der Waals surface area contributed by atoms with Gasteiger partial charge in [0.05, 0.1) is 23.8 Å². The minimum atomic E-state index is -4.37. The van der Waals surface area contributed by atoms with Crippen molar-refractivity contribution in [3.05, 3.63) is 144 Å². The highest BCUT2D eigenvalue weighted by atomic mass is 19.4. The van der Waals surface area contributed by atoms with Crippen molar-refractivity contribution in [2.75, 3.05) is 6.54 Å². The summed E-state index contributed by atoms with van der Waals surface area (Å²) in [5.41, 5.74) is 3.54. The summed E-state index contributed by atoms with van der Waals surface area (Å²) in [6, 6.07) is 36.8. The number of aromatic nitrogens is 3. The fourth-order valence-corrected chi connectivity index (χ4v) is 5.35. The Bertz CT molecular complexity index is 1400. The van der Waals surface area contributed by atoms with Crippen LogP contribution in [0.25, 0.3) is 11.3 Å². The summed E-state index contributed by atoms with van der Waals surface area (Å²) in [4.78, 5) is 2.48. The molecule has 1 saturated heterocycles. The minimum absolute atomic E-state index is 0.192. The standard InChI is InChI=1S/C31H25F3N4/c32-31(33,34)27-18-16-23(17-19-27)29-22-37(36-35-29)20-28-21-38(28)30(24-10-4-1-5-11-24,25-12-6-2-7-13-25)26-14-8-3-9-15-26/h1-19,22,28H,20-21H2. The van der Waals surface area contributed by atoms with Gasteiger partial charge in [-0.3, -0.25) is 9.58 Å². The first-order valence-corrected chi connectivity index (χ1v) is 12.5. The third kappa shape index (κ3) is 4.39. The van der Waals surface area contributed by atoms with E-state index in [4.69, 9.17) is 0 Å². The van der Waals surface area contributed by atoms with Crippen LogP contribution in [0.4, 0.5) is 13.2 Å². The summed E-state index contributed by atoms with van der Waals surface area (Å²) in [7, 11) is 0. The van der Waals surface area contributed by atoms with Gasteiger partial charge in [-0.25, -0.2) is 0 Å². The lowest BCUT2D eigenvalue weighted by atomic mass is 9.76. The molecule has 38 heavy (non-hydrogen) atoms. The highest BCUT2D eigenvalue weighted by molar-refractivity contribution is 5.58. The number of benzene rings is 4. The Balaban J connectivity index is 1.32. The van der Waals surface area contributed by atoms with Crippen molar-refractivity contribution in [2.45, 2.75) is 24.3 Å². The van der Waals surface area contributed by atoms with Crippen molar-refractivity contribution in [3.8, 4) is 11.3 Å². The number of nitrogens with zero attached hydrogens (tertiary/aromatic N) is 4. The molecule has 0 saturated carbocycles. The van der Waals surface area contributed by atoms with Gasteiger partial charge in [0.25, 0.3) is 0 Å². The monoisotopic (exact) mass is 510 g/mol. The van der Waals surface area contributed by atoms with E-state index in [0.717, 1.165) is 18.7 Å². The summed E-state index contributed by atoms with van der Waals surface area (Å²) in [5, 5.41) is 8.53. The van der Waals surface area contributed by atoms with Gasteiger partial charge in [0.15, 0.2) is 0 Å². The molecule has 2 heterocycles. The van der Waals surface area contributed by atoms with Crippen molar-refractivity contribution < 1.29 is 13.2 Å². The molecular weight excluding hydrogens is 485 g/mol. The average Bonchev–Trinajstić information content (AvgIpc) is 3.54. The molecule has 6 rings (SSSR count). The molecule has 0 amide bonds. The van der Waals surface area contributed by atoms with E-state index in [1.165, 1.54) is 28.8 Å². The molecule has 2 unspecified atom stereocenters. The number of hydrogen-bond donors (Lipinski definition) is 0. The maximum Gasteiger partial charge on any atom is 0.416 e. The SMILES string of the molecule is FC(F)(F)c1ccc(-c2cn(CC3CN3C(c3ccccc3)(c3ccccc3)c3ccccc3)nn2)cc1. The topological polar surface area (TPSA) is 33.7 Å². The van der Waals surface area contributed by atoms with Crippen LogP contribution in [0.2, 0.25) is 0 Å². The molecule has 0 spiro atoms. The molecule has 0 N–H and O–H groups in total. The van der Waals surface area contributed by atoms with Crippen LogP contribution in [0.5, 0.6) is 0 Å². The Morgan fingerprint density at radius 3 is 1.63 bits per heavy atom. The van der Waals surface area contributed by atoms with E-state index in [2.05, 4.69) is 88.0 Å². The van der Waals surface area contributed by atoms with Gasteiger partial charge >= 0.3 is 6.18 Å². The van der Waals surface area contributed by atoms with E-state index in [1.54, 1.807) is 10.9 Å². The van der Waals surface area contributed by atoms with Gasteiger partial charge in [0.2, 0.25) is 0 Å². The largest absolute Gasteiger partial charge is 0.416 e. The molecule has 1 aliphatic heterocycles. The first-order chi connectivity index (χ1) is 18.5. The summed E-state index contributed by atoms with van der Waals surface area (Å²) < 4.78 is 40.6. The van der Waals surface area contributed by atoms with E-state index < -0.39 is 17.3 Å². The number of hydrogen-bond acceptors (Lipinski definition) is 3. The Morgan fingerprint density at radius 2 is 1.16 bits per heavy atom. The highest BCUT2D eigenvalue weighted by Crippen LogP contribution is 2.48. The minimum Gasteiger partial charge on any atom is -0.278 e. The fraction of sp³-hybridized carbons (Fsp3) is 0.161. The van der Waals surface area contributed by atoms with Gasteiger partial charge in [-0.15, -0.1) is 5.10 Å². The smallest absolute Gasteiger partial charge is 0.278 e. The van der Waals surface area contributed by atoms with E-state index in [0.29, 0.717) is 17.8 Å². The summed E-state index contributed by atoms with van der Waals surface area (Å²) in [6.07, 6.45) is -2.57. The zero-order chi connectivity index (χ0) is 26.2. The van der Waals surface area contributed by atoms with Crippen molar-refractivity contribution >= 4 is 0 Å². The molecule has 4 nitrogen and oxygen atoms in total. The Hall–Kier alpha value is -4.23. The molecule has 4 aromatic carbocycles. The molecule has 0 radical (unpaired) electrons. The van der Waals surface area contributed by atoms with Crippen LogP contribution < -0.4 is 0 Å². The van der Waals surface area contributed by atoms with Gasteiger partial charge in [-0.05, 0) is 28.8 Å². The third-order valence-corrected chi connectivity index (χ3v) is 7.16. The predicted octanol–water partition coefficient (Wildman–Crippen LogP) is 6.64. The molecule has 1 aromatic heterocycles. The van der Waals surface area contributed by atoms with E-state index in [1.807, 2.05) is 18.2 Å². The first kappa shape index (κ1) is 24.1. The lowest BCUT2D eigenvalue weighted by molar-refractivity contribution is -0.137. The number of rotatable bonds is 7. The maximum atomic E-state index is 12.9. The Kier molecular flexibility index (Phi) is 6.08. The average molecular weight is 511 g/mol. The molecule has 1 aliphatic rings. The second-order valence-corrected chi connectivity index (χ2v) is 9.52. The molecule has 1 fully saturated rings. The summed E-state index contributed by atoms with van der Waals surface area (Å²) >= 11 is 0. The van der Waals surface area contributed by atoms with Crippen LogP contribution in [-0.2, 0) is 18.3 Å². The predicted molar refractivity (Wildman–Crippen MR) is 140 cm³/mol. The molecule has 0 aliphatic carbocycles. The number of halogens is 3. The maximum absolute atomic E-state index is 12.9. The zero-order valence-electron chi connectivity index (χ0n) is 20.5. The number of alkyl halides is 3. The van der Waals surface area contributed by atoms with Crippen LogP contribution in [0, 0.1) is 0 Å². The Labute approximate surface area is 219 Å². The van der Waals surface area contributed by atoms with Gasteiger partial charge in [0, 0.05) is 18.2 Å². The van der Waals surface area contributed by atoms with Crippen molar-refractivity contribution in [1.82, 2.24) is 19.9 Å². The molecule has 190 valence electrons. The van der Waals surface area contributed by atoms with E-state index in [-0.39, 0.29) is 6.04 Å². The Morgan fingerprint density at radius 1 is 0.658 bits per heavy atom. The lowest BCUT2D eigenvalue weighted by Gasteiger charge is -2.38. The molecule has 0 bridgehead atoms. The van der Waals surface area contributed by atoms with Gasteiger partial charge in [0.1, 0.15) is 5.69 Å². The quantitative estimate of drug-likeness (QED) is 0.182. The lowest BCUT2D eigenvalue weighted by Crippen LogP contribution is -2.39. The van der Waals surface area contributed by atoms with Crippen LogP contribution >= 0.6 is 0 Å².